The summed E-state index contributed by atoms with van der Waals surface area (Å²) in [5.41, 5.74) is 0.902. The van der Waals surface area contributed by atoms with E-state index in [1.165, 1.54) is 4.90 Å². The molecular weight excluding hydrogens is 270 g/mol. The molecule has 1 aromatic carbocycles. The maximum atomic E-state index is 5.58. The predicted molar refractivity (Wildman–Crippen MR) is 80.0 cm³/mol. The van der Waals surface area contributed by atoms with Crippen molar-refractivity contribution in [1.82, 2.24) is 15.0 Å². The van der Waals surface area contributed by atoms with Crippen molar-refractivity contribution in [3.05, 3.63) is 55.0 Å². The molecule has 0 fully saturated rings. The van der Waals surface area contributed by atoms with Gasteiger partial charge < -0.3 is 4.74 Å². The van der Waals surface area contributed by atoms with E-state index in [4.69, 9.17) is 4.74 Å². The molecule has 3 rings (SSSR count). The highest BCUT2D eigenvalue weighted by Gasteiger charge is 2.00. The Kier molecular flexibility index (Phi) is 4.08. The summed E-state index contributed by atoms with van der Waals surface area (Å²) in [6, 6.07) is 12.3. The number of nitrogens with zero attached hydrogens (tertiary/aromatic N) is 3. The van der Waals surface area contributed by atoms with E-state index in [-0.39, 0.29) is 0 Å². The van der Waals surface area contributed by atoms with Crippen molar-refractivity contribution in [3.63, 3.8) is 0 Å². The fraction of sp³-hybridized carbons (Fsp3) is 0.133. The van der Waals surface area contributed by atoms with Crippen LogP contribution in [0.3, 0.4) is 0 Å². The minimum atomic E-state index is 0.430. The minimum absolute atomic E-state index is 0.430. The molecule has 2 heterocycles. The van der Waals surface area contributed by atoms with Gasteiger partial charge in [0.15, 0.2) is 0 Å². The first-order valence-corrected chi connectivity index (χ1v) is 7.28. The number of rotatable bonds is 5. The van der Waals surface area contributed by atoms with Crippen LogP contribution in [0.1, 0.15) is 0 Å². The van der Waals surface area contributed by atoms with Gasteiger partial charge >= 0.3 is 6.01 Å². The summed E-state index contributed by atoms with van der Waals surface area (Å²) < 4.78 is 5.58. The fourth-order valence-corrected chi connectivity index (χ4v) is 2.47. The number of pyridine rings is 1. The third kappa shape index (κ3) is 3.24. The fourth-order valence-electron chi connectivity index (χ4n) is 1.75. The number of ether oxygens (including phenoxy) is 1. The van der Waals surface area contributed by atoms with Gasteiger partial charge in [-0.1, -0.05) is 18.2 Å². The van der Waals surface area contributed by atoms with Crippen LogP contribution in [0.4, 0.5) is 0 Å². The Morgan fingerprint density at radius 1 is 1.05 bits per heavy atom. The summed E-state index contributed by atoms with van der Waals surface area (Å²) in [5, 5.41) is 1.02. The molecule has 0 atom stereocenters. The summed E-state index contributed by atoms with van der Waals surface area (Å²) >= 11 is 1.72. The van der Waals surface area contributed by atoms with Crippen molar-refractivity contribution < 1.29 is 4.74 Å². The molecule has 0 aliphatic heterocycles. The Bertz CT molecular complexity index is 691. The second-order valence-electron chi connectivity index (χ2n) is 4.09. The average Bonchev–Trinajstić information content (AvgIpc) is 2.52. The van der Waals surface area contributed by atoms with Gasteiger partial charge in [0.2, 0.25) is 0 Å². The summed E-state index contributed by atoms with van der Waals surface area (Å²) in [7, 11) is 0. The Balaban J connectivity index is 1.55. The van der Waals surface area contributed by atoms with Gasteiger partial charge in [-0.25, -0.2) is 4.98 Å². The topological polar surface area (TPSA) is 47.9 Å². The van der Waals surface area contributed by atoms with E-state index in [0.29, 0.717) is 12.6 Å². The molecule has 0 spiro atoms. The van der Waals surface area contributed by atoms with Gasteiger partial charge in [0.25, 0.3) is 0 Å². The van der Waals surface area contributed by atoms with E-state index < -0.39 is 0 Å². The predicted octanol–water partition coefficient (Wildman–Crippen LogP) is 3.20. The van der Waals surface area contributed by atoms with Crippen molar-refractivity contribution in [1.29, 1.82) is 0 Å². The summed E-state index contributed by atoms with van der Waals surface area (Å²) in [5.74, 6) is 0.847. The first kappa shape index (κ1) is 12.9. The smallest absolute Gasteiger partial charge is 0.316 e. The summed E-state index contributed by atoms with van der Waals surface area (Å²) in [6.45, 7) is 0.575. The number of hydrogen-bond donors (Lipinski definition) is 0. The second-order valence-corrected chi connectivity index (χ2v) is 5.26. The molecule has 3 aromatic rings. The van der Waals surface area contributed by atoms with Gasteiger partial charge in [0, 0.05) is 34.6 Å². The molecule has 4 nitrogen and oxygen atoms in total. The standard InChI is InChI=1S/C15H13N3OS/c1-2-4-14-12(3-1)11-17-15(18-14)19-9-10-20-13-5-7-16-8-6-13/h1-8,11H,9-10H2. The van der Waals surface area contributed by atoms with Crippen molar-refractivity contribution in [3.8, 4) is 6.01 Å². The molecule has 0 N–H and O–H groups in total. The molecule has 0 amide bonds. The molecule has 0 saturated heterocycles. The van der Waals surface area contributed by atoms with E-state index in [1.54, 1.807) is 30.4 Å². The van der Waals surface area contributed by atoms with Gasteiger partial charge in [-0.05, 0) is 18.2 Å². The lowest BCUT2D eigenvalue weighted by Gasteiger charge is -2.05. The molecule has 5 heteroatoms. The molecule has 20 heavy (non-hydrogen) atoms. The van der Waals surface area contributed by atoms with Crippen LogP contribution in [0, 0.1) is 0 Å². The highest BCUT2D eigenvalue weighted by atomic mass is 32.2. The maximum Gasteiger partial charge on any atom is 0.316 e. The van der Waals surface area contributed by atoms with Crippen molar-refractivity contribution in [2.75, 3.05) is 12.4 Å². The first-order valence-electron chi connectivity index (χ1n) is 6.29. The van der Waals surface area contributed by atoms with E-state index in [1.807, 2.05) is 36.4 Å². The number of thioether (sulfide) groups is 1. The van der Waals surface area contributed by atoms with Crippen LogP contribution >= 0.6 is 11.8 Å². The Morgan fingerprint density at radius 3 is 2.80 bits per heavy atom. The molecule has 0 unspecified atom stereocenters. The molecule has 0 aliphatic rings. The first-order chi connectivity index (χ1) is 9.92. The van der Waals surface area contributed by atoms with E-state index in [9.17, 15) is 0 Å². The van der Waals surface area contributed by atoms with Crippen LogP contribution in [-0.2, 0) is 0 Å². The van der Waals surface area contributed by atoms with E-state index >= 15 is 0 Å². The van der Waals surface area contributed by atoms with Gasteiger partial charge in [-0.15, -0.1) is 11.8 Å². The molecule has 0 radical (unpaired) electrons. The number of benzene rings is 1. The molecule has 100 valence electrons. The van der Waals surface area contributed by atoms with Crippen LogP contribution in [0.5, 0.6) is 6.01 Å². The van der Waals surface area contributed by atoms with Gasteiger partial charge in [-0.3, -0.25) is 4.98 Å². The SMILES string of the molecule is c1ccc2nc(OCCSc3ccncc3)ncc2c1. The van der Waals surface area contributed by atoms with Crippen LogP contribution < -0.4 is 4.74 Å². The van der Waals surface area contributed by atoms with E-state index in [0.717, 1.165) is 16.7 Å². The Hall–Kier alpha value is -2.14. The number of fused-ring (bicyclic) bond motifs is 1. The largest absolute Gasteiger partial charge is 0.463 e. The van der Waals surface area contributed by atoms with Gasteiger partial charge in [0.05, 0.1) is 5.52 Å². The lowest BCUT2D eigenvalue weighted by Crippen LogP contribution is -2.03. The monoisotopic (exact) mass is 283 g/mol. The van der Waals surface area contributed by atoms with Crippen LogP contribution in [0.15, 0.2) is 59.9 Å². The van der Waals surface area contributed by atoms with E-state index in [2.05, 4.69) is 15.0 Å². The van der Waals surface area contributed by atoms with Gasteiger partial charge in [0.1, 0.15) is 6.61 Å². The van der Waals surface area contributed by atoms with Crippen LogP contribution in [-0.4, -0.2) is 27.3 Å². The highest BCUT2D eigenvalue weighted by Crippen LogP contribution is 2.17. The second kappa shape index (κ2) is 6.34. The lowest BCUT2D eigenvalue weighted by atomic mass is 10.2. The number of hydrogen-bond acceptors (Lipinski definition) is 5. The highest BCUT2D eigenvalue weighted by molar-refractivity contribution is 7.99. The molecule has 0 saturated carbocycles. The van der Waals surface area contributed by atoms with Crippen molar-refractivity contribution in [2.45, 2.75) is 4.90 Å². The Labute approximate surface area is 121 Å². The summed E-state index contributed by atoms with van der Waals surface area (Å²) in [6.07, 6.45) is 5.36. The lowest BCUT2D eigenvalue weighted by molar-refractivity contribution is 0.317. The van der Waals surface area contributed by atoms with Gasteiger partial charge in [-0.2, -0.15) is 4.98 Å². The molecule has 0 aliphatic carbocycles. The zero-order chi connectivity index (χ0) is 13.6. The third-order valence-electron chi connectivity index (χ3n) is 2.70. The average molecular weight is 283 g/mol. The molecule has 2 aromatic heterocycles. The van der Waals surface area contributed by atoms with Crippen LogP contribution in [0.25, 0.3) is 10.9 Å². The number of para-hydroxylation sites is 1. The quantitative estimate of drug-likeness (QED) is 0.531. The summed E-state index contributed by atoms with van der Waals surface area (Å²) in [4.78, 5) is 13.7. The van der Waals surface area contributed by atoms with Crippen molar-refractivity contribution in [2.24, 2.45) is 0 Å². The van der Waals surface area contributed by atoms with Crippen molar-refractivity contribution >= 4 is 22.7 Å². The molecule has 0 bridgehead atoms. The van der Waals surface area contributed by atoms with Crippen LogP contribution in [0.2, 0.25) is 0 Å². The normalized spacial score (nSPS) is 10.6. The zero-order valence-electron chi connectivity index (χ0n) is 10.8. The molecular formula is C15H13N3OS. The zero-order valence-corrected chi connectivity index (χ0v) is 11.6. The third-order valence-corrected chi connectivity index (χ3v) is 3.68. The maximum absolute atomic E-state index is 5.58. The number of aromatic nitrogens is 3. The Morgan fingerprint density at radius 2 is 1.90 bits per heavy atom. The minimum Gasteiger partial charge on any atom is -0.463 e.